The zero-order valence-corrected chi connectivity index (χ0v) is 17.3. The van der Waals surface area contributed by atoms with Crippen LogP contribution in [0.2, 0.25) is 0 Å². The van der Waals surface area contributed by atoms with Gasteiger partial charge < -0.3 is 9.30 Å². The Labute approximate surface area is 164 Å². The molecule has 0 saturated carbocycles. The molecule has 1 aromatic heterocycles. The van der Waals surface area contributed by atoms with Crippen LogP contribution in [-0.4, -0.2) is 24.2 Å². The quantitative estimate of drug-likeness (QED) is 0.538. The van der Waals surface area contributed by atoms with E-state index in [1.54, 1.807) is 18.4 Å². The third kappa shape index (κ3) is 3.86. The first-order valence-corrected chi connectivity index (χ1v) is 9.84. The largest absolute Gasteiger partial charge is 0.383 e. The van der Waals surface area contributed by atoms with E-state index in [1.807, 2.05) is 24.3 Å². The molecule has 6 heteroatoms. The highest BCUT2D eigenvalue weighted by atomic mass is 127. The number of fused-ring (bicyclic) bond motifs is 1. The van der Waals surface area contributed by atoms with Crippen molar-refractivity contribution in [1.82, 2.24) is 4.57 Å². The summed E-state index contributed by atoms with van der Waals surface area (Å²) in [6, 6.07) is 11.8. The van der Waals surface area contributed by atoms with Gasteiger partial charge >= 0.3 is 0 Å². The number of aromatic nitrogens is 1. The zero-order valence-electron chi connectivity index (χ0n) is 14.4. The molecule has 3 aromatic rings. The molecule has 130 valence electrons. The Hall–Kier alpha value is -1.51. The summed E-state index contributed by atoms with van der Waals surface area (Å²) in [6.07, 6.45) is 0. The number of thiazole rings is 1. The Kier molecular flexibility index (Phi) is 5.71. The minimum absolute atomic E-state index is 0.211. The normalized spacial score (nSPS) is 12.1. The van der Waals surface area contributed by atoms with E-state index in [-0.39, 0.29) is 5.91 Å². The van der Waals surface area contributed by atoms with Gasteiger partial charge in [0.1, 0.15) is 0 Å². The summed E-state index contributed by atoms with van der Waals surface area (Å²) in [5.74, 6) is -0.211. The molecular formula is C19H19IN2O2S. The van der Waals surface area contributed by atoms with Gasteiger partial charge in [-0.05, 0) is 65.8 Å². The fourth-order valence-electron chi connectivity index (χ4n) is 2.85. The van der Waals surface area contributed by atoms with Crippen LogP contribution in [0.25, 0.3) is 10.2 Å². The highest BCUT2D eigenvalue weighted by molar-refractivity contribution is 14.1. The summed E-state index contributed by atoms with van der Waals surface area (Å²) in [7, 11) is 1.68. The molecule has 4 nitrogen and oxygen atoms in total. The van der Waals surface area contributed by atoms with E-state index < -0.39 is 0 Å². The average molecular weight is 466 g/mol. The Morgan fingerprint density at radius 1 is 1.28 bits per heavy atom. The van der Waals surface area contributed by atoms with Crippen molar-refractivity contribution in [2.75, 3.05) is 13.7 Å². The third-order valence-electron chi connectivity index (χ3n) is 3.93. The highest BCUT2D eigenvalue weighted by Gasteiger charge is 2.13. The van der Waals surface area contributed by atoms with Gasteiger partial charge in [-0.2, -0.15) is 4.99 Å². The van der Waals surface area contributed by atoms with Gasteiger partial charge in [-0.25, -0.2) is 0 Å². The molecule has 0 aliphatic rings. The predicted octanol–water partition coefficient (Wildman–Crippen LogP) is 4.31. The maximum absolute atomic E-state index is 12.7. The molecule has 0 spiro atoms. The molecule has 0 unspecified atom stereocenters. The van der Waals surface area contributed by atoms with E-state index in [1.165, 1.54) is 11.1 Å². The molecule has 2 aromatic carbocycles. The number of halogens is 1. The van der Waals surface area contributed by atoms with E-state index in [0.29, 0.717) is 23.5 Å². The van der Waals surface area contributed by atoms with Crippen molar-refractivity contribution in [2.24, 2.45) is 4.99 Å². The van der Waals surface area contributed by atoms with Gasteiger partial charge in [-0.15, -0.1) is 0 Å². The molecule has 0 radical (unpaired) electrons. The number of methoxy groups -OCH3 is 1. The van der Waals surface area contributed by atoms with E-state index in [0.717, 1.165) is 13.8 Å². The smallest absolute Gasteiger partial charge is 0.280 e. The van der Waals surface area contributed by atoms with Crippen LogP contribution in [0.1, 0.15) is 21.5 Å². The topological polar surface area (TPSA) is 43.6 Å². The van der Waals surface area contributed by atoms with Gasteiger partial charge in [-0.1, -0.05) is 29.5 Å². The Morgan fingerprint density at radius 3 is 2.76 bits per heavy atom. The molecule has 0 aliphatic carbocycles. The summed E-state index contributed by atoms with van der Waals surface area (Å²) in [5, 5.41) is 0. The second-order valence-electron chi connectivity index (χ2n) is 5.85. The van der Waals surface area contributed by atoms with Gasteiger partial charge in [0.25, 0.3) is 5.91 Å². The van der Waals surface area contributed by atoms with Gasteiger partial charge in [0, 0.05) is 17.2 Å². The molecule has 0 atom stereocenters. The van der Waals surface area contributed by atoms with Gasteiger partial charge in [0.05, 0.1) is 22.4 Å². The number of carbonyl (C=O) groups is 1. The monoisotopic (exact) mass is 466 g/mol. The summed E-state index contributed by atoms with van der Waals surface area (Å²) in [6.45, 7) is 5.42. The highest BCUT2D eigenvalue weighted by Crippen LogP contribution is 2.23. The molecular weight excluding hydrogens is 447 g/mol. The van der Waals surface area contributed by atoms with Gasteiger partial charge in [0.2, 0.25) is 0 Å². The number of benzene rings is 2. The SMILES string of the molecule is COCCn1c(=NC(=O)c2ccccc2I)sc2cc(C)cc(C)c21. The molecule has 3 rings (SSSR count). The fraction of sp³-hybridized carbons (Fsp3) is 0.263. The molecule has 0 bridgehead atoms. The Bertz CT molecular complexity index is 1000. The molecule has 1 heterocycles. The first-order chi connectivity index (χ1) is 12.0. The van der Waals surface area contributed by atoms with Crippen LogP contribution in [0.4, 0.5) is 0 Å². The molecule has 1 amide bonds. The van der Waals surface area contributed by atoms with Crippen LogP contribution in [0.5, 0.6) is 0 Å². The summed E-state index contributed by atoms with van der Waals surface area (Å²) in [5.41, 5.74) is 4.15. The number of carbonyl (C=O) groups excluding carboxylic acids is 1. The number of hydrogen-bond donors (Lipinski definition) is 0. The molecule has 0 saturated heterocycles. The molecule has 0 fully saturated rings. The third-order valence-corrected chi connectivity index (χ3v) is 5.90. The fourth-order valence-corrected chi connectivity index (χ4v) is 4.70. The maximum atomic E-state index is 12.7. The van der Waals surface area contributed by atoms with E-state index in [4.69, 9.17) is 4.74 Å². The van der Waals surface area contributed by atoms with Crippen molar-refractivity contribution >= 4 is 50.1 Å². The number of rotatable bonds is 4. The van der Waals surface area contributed by atoms with E-state index in [2.05, 4.69) is 58.1 Å². The van der Waals surface area contributed by atoms with Crippen LogP contribution in [-0.2, 0) is 11.3 Å². The standard InChI is InChI=1S/C19H19IN2O2S/c1-12-10-13(2)17-16(11-12)25-19(22(17)8-9-24-3)21-18(23)14-6-4-5-7-15(14)20/h4-7,10-11H,8-9H2,1-3H3. The number of nitrogens with zero attached hydrogens (tertiary/aromatic N) is 2. The second kappa shape index (κ2) is 7.80. The Morgan fingerprint density at radius 2 is 2.04 bits per heavy atom. The molecule has 0 aliphatic heterocycles. The lowest BCUT2D eigenvalue weighted by atomic mass is 10.1. The van der Waals surface area contributed by atoms with Crippen LogP contribution < -0.4 is 4.80 Å². The lowest BCUT2D eigenvalue weighted by molar-refractivity contribution is 0.0996. The van der Waals surface area contributed by atoms with Crippen molar-refractivity contribution in [3.05, 3.63) is 61.5 Å². The minimum Gasteiger partial charge on any atom is -0.383 e. The van der Waals surface area contributed by atoms with Crippen LogP contribution >= 0.6 is 33.9 Å². The summed E-state index contributed by atoms with van der Waals surface area (Å²) in [4.78, 5) is 17.8. The first-order valence-electron chi connectivity index (χ1n) is 7.94. The van der Waals surface area contributed by atoms with Crippen LogP contribution in [0.15, 0.2) is 41.4 Å². The molecule has 25 heavy (non-hydrogen) atoms. The Balaban J connectivity index is 2.19. The number of aryl methyl sites for hydroxylation is 2. The first kappa shape index (κ1) is 18.3. The second-order valence-corrected chi connectivity index (χ2v) is 8.03. The van der Waals surface area contributed by atoms with Crippen molar-refractivity contribution in [2.45, 2.75) is 20.4 Å². The number of hydrogen-bond acceptors (Lipinski definition) is 3. The maximum Gasteiger partial charge on any atom is 0.280 e. The number of ether oxygens (including phenoxy) is 1. The summed E-state index contributed by atoms with van der Waals surface area (Å²) < 4.78 is 9.39. The minimum atomic E-state index is -0.211. The lowest BCUT2D eigenvalue weighted by Crippen LogP contribution is -2.20. The van der Waals surface area contributed by atoms with E-state index in [9.17, 15) is 4.79 Å². The average Bonchev–Trinajstić information content (AvgIpc) is 2.90. The van der Waals surface area contributed by atoms with Gasteiger partial charge in [0.15, 0.2) is 4.80 Å². The van der Waals surface area contributed by atoms with Crippen LogP contribution in [0, 0.1) is 17.4 Å². The zero-order chi connectivity index (χ0) is 18.0. The predicted molar refractivity (Wildman–Crippen MR) is 110 cm³/mol. The molecule has 0 N–H and O–H groups in total. The van der Waals surface area contributed by atoms with Crippen molar-refractivity contribution in [1.29, 1.82) is 0 Å². The van der Waals surface area contributed by atoms with Crippen LogP contribution in [0.3, 0.4) is 0 Å². The van der Waals surface area contributed by atoms with Crippen molar-refractivity contribution < 1.29 is 9.53 Å². The van der Waals surface area contributed by atoms with Crippen molar-refractivity contribution in [3.8, 4) is 0 Å². The summed E-state index contributed by atoms with van der Waals surface area (Å²) >= 11 is 3.72. The van der Waals surface area contributed by atoms with E-state index >= 15 is 0 Å². The lowest BCUT2D eigenvalue weighted by Gasteiger charge is -2.07. The number of amides is 1. The van der Waals surface area contributed by atoms with Crippen molar-refractivity contribution in [3.63, 3.8) is 0 Å². The van der Waals surface area contributed by atoms with Gasteiger partial charge in [-0.3, -0.25) is 4.79 Å².